The van der Waals surface area contributed by atoms with Crippen molar-refractivity contribution in [2.45, 2.75) is 32.6 Å². The van der Waals surface area contributed by atoms with Crippen LogP contribution in [0, 0.1) is 19.3 Å². The minimum absolute atomic E-state index is 0.0116. The topological polar surface area (TPSA) is 68.5 Å². The standard InChI is InChI=1S/C25H27N3O3/c1-17-3-7-19(8-4-17)22-26-27-23(31-22)21-15-28(16-25(21)11-13-30-14-12-25)24(29)20-9-5-18(2)6-10-20/h3-10,21H,11-16H2,1-2H3. The number of carbonyl (C=O) groups is 1. The molecule has 3 heterocycles. The molecule has 0 radical (unpaired) electrons. The molecular weight excluding hydrogens is 390 g/mol. The molecular formula is C25H27N3O3. The number of amides is 1. The molecule has 0 aliphatic carbocycles. The van der Waals surface area contributed by atoms with Crippen molar-refractivity contribution >= 4 is 5.91 Å². The van der Waals surface area contributed by atoms with Crippen molar-refractivity contribution in [3.63, 3.8) is 0 Å². The molecule has 0 N–H and O–H groups in total. The first-order chi connectivity index (χ1) is 15.0. The zero-order valence-electron chi connectivity index (χ0n) is 18.0. The van der Waals surface area contributed by atoms with Gasteiger partial charge in [-0.2, -0.15) is 0 Å². The Labute approximate surface area is 182 Å². The van der Waals surface area contributed by atoms with Crippen LogP contribution in [0.2, 0.25) is 0 Å². The largest absolute Gasteiger partial charge is 0.420 e. The van der Waals surface area contributed by atoms with Crippen molar-refractivity contribution < 1.29 is 13.9 Å². The number of ether oxygens (including phenoxy) is 1. The third kappa shape index (κ3) is 3.76. The van der Waals surface area contributed by atoms with Crippen LogP contribution in [0.3, 0.4) is 0 Å². The van der Waals surface area contributed by atoms with Crippen LogP contribution in [0.5, 0.6) is 0 Å². The van der Waals surface area contributed by atoms with Crippen LogP contribution < -0.4 is 0 Å². The highest BCUT2D eigenvalue weighted by Gasteiger charge is 2.51. The van der Waals surface area contributed by atoms with Gasteiger partial charge in [0.25, 0.3) is 5.91 Å². The quantitative estimate of drug-likeness (QED) is 0.632. The number of likely N-dealkylation sites (tertiary alicyclic amines) is 1. The number of aromatic nitrogens is 2. The third-order valence-corrected chi connectivity index (χ3v) is 6.76. The molecule has 1 aromatic heterocycles. The molecule has 5 rings (SSSR count). The van der Waals surface area contributed by atoms with E-state index < -0.39 is 0 Å². The average Bonchev–Trinajstić information content (AvgIpc) is 3.40. The fourth-order valence-electron chi connectivity index (χ4n) is 4.82. The molecule has 3 aromatic rings. The van der Waals surface area contributed by atoms with Gasteiger partial charge in [-0.15, -0.1) is 10.2 Å². The first kappa shape index (κ1) is 19.9. The van der Waals surface area contributed by atoms with E-state index in [0.29, 0.717) is 38.1 Å². The summed E-state index contributed by atoms with van der Waals surface area (Å²) >= 11 is 0. The third-order valence-electron chi connectivity index (χ3n) is 6.76. The molecule has 1 atom stereocenters. The summed E-state index contributed by atoms with van der Waals surface area (Å²) in [5.74, 6) is 1.22. The van der Waals surface area contributed by atoms with E-state index in [0.717, 1.165) is 29.5 Å². The second kappa shape index (κ2) is 7.93. The number of benzene rings is 2. The van der Waals surface area contributed by atoms with Gasteiger partial charge in [0.1, 0.15) is 0 Å². The van der Waals surface area contributed by atoms with E-state index in [-0.39, 0.29) is 17.2 Å². The van der Waals surface area contributed by atoms with Crippen LogP contribution in [0.4, 0.5) is 0 Å². The summed E-state index contributed by atoms with van der Waals surface area (Å²) < 4.78 is 11.8. The van der Waals surface area contributed by atoms with E-state index in [1.807, 2.05) is 60.4 Å². The highest BCUT2D eigenvalue weighted by molar-refractivity contribution is 5.94. The van der Waals surface area contributed by atoms with Crippen LogP contribution in [0.1, 0.15) is 46.1 Å². The molecule has 160 valence electrons. The van der Waals surface area contributed by atoms with Gasteiger partial charge >= 0.3 is 0 Å². The Morgan fingerprint density at radius 1 is 0.968 bits per heavy atom. The monoisotopic (exact) mass is 417 g/mol. The SMILES string of the molecule is Cc1ccc(C(=O)N2CC(c3nnc(-c4ccc(C)cc4)o3)C3(CCOCC3)C2)cc1. The van der Waals surface area contributed by atoms with E-state index >= 15 is 0 Å². The maximum atomic E-state index is 13.2. The van der Waals surface area contributed by atoms with E-state index in [1.165, 1.54) is 5.56 Å². The van der Waals surface area contributed by atoms with Gasteiger partial charge in [0.05, 0.1) is 5.92 Å². The number of nitrogens with zero attached hydrogens (tertiary/aromatic N) is 3. The first-order valence-electron chi connectivity index (χ1n) is 10.9. The Kier molecular flexibility index (Phi) is 5.10. The molecule has 31 heavy (non-hydrogen) atoms. The summed E-state index contributed by atoms with van der Waals surface area (Å²) in [6.45, 7) is 6.75. The Balaban J connectivity index is 1.44. The maximum absolute atomic E-state index is 13.2. The van der Waals surface area contributed by atoms with Crippen molar-refractivity contribution in [3.8, 4) is 11.5 Å². The molecule has 2 aliphatic rings. The van der Waals surface area contributed by atoms with Gasteiger partial charge in [0.2, 0.25) is 11.8 Å². The molecule has 2 aliphatic heterocycles. The summed E-state index contributed by atoms with van der Waals surface area (Å²) in [6.07, 6.45) is 1.77. The highest BCUT2D eigenvalue weighted by atomic mass is 16.5. The Morgan fingerprint density at radius 2 is 1.61 bits per heavy atom. The van der Waals surface area contributed by atoms with E-state index in [9.17, 15) is 4.79 Å². The minimum Gasteiger partial charge on any atom is -0.420 e. The lowest BCUT2D eigenvalue weighted by Gasteiger charge is -2.36. The number of rotatable bonds is 3. The number of hydrogen-bond donors (Lipinski definition) is 0. The van der Waals surface area contributed by atoms with Crippen LogP contribution in [-0.4, -0.2) is 47.3 Å². The molecule has 2 saturated heterocycles. The normalized spacial score (nSPS) is 20.3. The molecule has 2 aromatic carbocycles. The molecule has 1 unspecified atom stereocenters. The molecule has 0 saturated carbocycles. The fourth-order valence-corrected chi connectivity index (χ4v) is 4.82. The fraction of sp³-hybridized carbons (Fsp3) is 0.400. The predicted octanol–water partition coefficient (Wildman–Crippen LogP) is 4.39. The zero-order chi connectivity index (χ0) is 21.4. The van der Waals surface area contributed by atoms with Crippen LogP contribution in [0.25, 0.3) is 11.5 Å². The second-order valence-electron chi connectivity index (χ2n) is 8.89. The minimum atomic E-state index is -0.0876. The number of hydrogen-bond acceptors (Lipinski definition) is 5. The molecule has 1 amide bonds. The van der Waals surface area contributed by atoms with Gasteiger partial charge < -0.3 is 14.1 Å². The van der Waals surface area contributed by atoms with Crippen LogP contribution in [-0.2, 0) is 4.74 Å². The maximum Gasteiger partial charge on any atom is 0.253 e. The van der Waals surface area contributed by atoms with Crippen molar-refractivity contribution in [1.82, 2.24) is 15.1 Å². The number of aryl methyl sites for hydroxylation is 2. The van der Waals surface area contributed by atoms with Crippen molar-refractivity contribution in [1.29, 1.82) is 0 Å². The molecule has 0 bridgehead atoms. The van der Waals surface area contributed by atoms with Gasteiger partial charge in [-0.05, 0) is 51.0 Å². The summed E-state index contributed by atoms with van der Waals surface area (Å²) in [4.78, 5) is 15.2. The summed E-state index contributed by atoms with van der Waals surface area (Å²) in [5.41, 5.74) is 3.88. The predicted molar refractivity (Wildman–Crippen MR) is 117 cm³/mol. The van der Waals surface area contributed by atoms with Crippen molar-refractivity contribution in [2.75, 3.05) is 26.3 Å². The molecule has 2 fully saturated rings. The Hall–Kier alpha value is -2.99. The summed E-state index contributed by atoms with van der Waals surface area (Å²) in [5, 5.41) is 8.75. The second-order valence-corrected chi connectivity index (χ2v) is 8.89. The zero-order valence-corrected chi connectivity index (χ0v) is 18.0. The van der Waals surface area contributed by atoms with Gasteiger partial charge in [-0.25, -0.2) is 0 Å². The first-order valence-corrected chi connectivity index (χ1v) is 10.9. The van der Waals surface area contributed by atoms with E-state index in [1.54, 1.807) is 0 Å². The van der Waals surface area contributed by atoms with Gasteiger partial charge in [-0.1, -0.05) is 35.4 Å². The lowest BCUT2D eigenvalue weighted by molar-refractivity contribution is 0.00908. The van der Waals surface area contributed by atoms with E-state index in [4.69, 9.17) is 9.15 Å². The van der Waals surface area contributed by atoms with Gasteiger partial charge in [-0.3, -0.25) is 4.79 Å². The lowest BCUT2D eigenvalue weighted by Crippen LogP contribution is -2.37. The molecule has 6 heteroatoms. The smallest absolute Gasteiger partial charge is 0.253 e. The average molecular weight is 418 g/mol. The van der Waals surface area contributed by atoms with Crippen molar-refractivity contribution in [3.05, 3.63) is 71.1 Å². The van der Waals surface area contributed by atoms with Gasteiger partial charge in [0, 0.05) is 42.8 Å². The van der Waals surface area contributed by atoms with Crippen LogP contribution in [0.15, 0.2) is 52.9 Å². The summed E-state index contributed by atoms with van der Waals surface area (Å²) in [7, 11) is 0. The molecule has 1 spiro atoms. The summed E-state index contributed by atoms with van der Waals surface area (Å²) in [6, 6.07) is 15.9. The van der Waals surface area contributed by atoms with Crippen LogP contribution >= 0.6 is 0 Å². The Morgan fingerprint density at radius 3 is 2.29 bits per heavy atom. The Bertz CT molecular complexity index is 1070. The number of carbonyl (C=O) groups excluding carboxylic acids is 1. The van der Waals surface area contributed by atoms with Gasteiger partial charge in [0.15, 0.2) is 0 Å². The highest BCUT2D eigenvalue weighted by Crippen LogP contribution is 2.49. The van der Waals surface area contributed by atoms with Crippen molar-refractivity contribution in [2.24, 2.45) is 5.41 Å². The van der Waals surface area contributed by atoms with E-state index in [2.05, 4.69) is 17.1 Å². The lowest BCUT2D eigenvalue weighted by atomic mass is 9.72. The molecule has 6 nitrogen and oxygen atoms in total.